The summed E-state index contributed by atoms with van der Waals surface area (Å²) in [4.78, 5) is 0. The van der Waals surface area contributed by atoms with Crippen molar-refractivity contribution in [2.24, 2.45) is 5.73 Å². The number of hydrogen-bond donors (Lipinski definition) is 2. The maximum absolute atomic E-state index is 4.71. The molecule has 0 saturated carbocycles. The van der Waals surface area contributed by atoms with Gasteiger partial charge in [0.25, 0.3) is 0 Å². The average Bonchev–Trinajstić information content (AvgIpc) is 0.811. The van der Waals surface area contributed by atoms with Crippen molar-refractivity contribution >= 4 is 29.2 Å². The second-order valence-electron chi connectivity index (χ2n) is 0.338. The van der Waals surface area contributed by atoms with Crippen molar-refractivity contribution in [3.63, 3.8) is 0 Å². The minimum absolute atomic E-state index is 0. The quantitative estimate of drug-likeness (QED) is 0.242. The molecular weight excluding hydrogens is 179 g/mol. The second kappa shape index (κ2) is 9.98. The molecule has 6 heavy (non-hydrogen) atoms. The van der Waals surface area contributed by atoms with E-state index in [2.05, 4.69) is 24.8 Å². The Hall–Kier alpha value is 1.86. The Labute approximate surface area is 84.4 Å². The molecule has 0 saturated heterocycles. The fourth-order valence-corrected chi connectivity index (χ4v) is 0. The fraction of sp³-hybridized carbons (Fsp3) is 0. The summed E-state index contributed by atoms with van der Waals surface area (Å²) in [5.41, 5.74) is 4.71. The summed E-state index contributed by atoms with van der Waals surface area (Å²) in [7, 11) is 0. The molecule has 0 bridgehead atoms. The topological polar surface area (TPSA) is 26.0 Å². The van der Waals surface area contributed by atoms with Crippen LogP contribution in [-0.2, 0) is 19.5 Å². The van der Waals surface area contributed by atoms with E-state index in [4.69, 9.17) is 5.73 Å². The normalized spacial score (nSPS) is 4.17. The minimum Gasteiger partial charge on any atom is -1.00 e. The van der Waals surface area contributed by atoms with Crippen LogP contribution >= 0.6 is 24.8 Å². The van der Waals surface area contributed by atoms with Gasteiger partial charge in [-0.3, -0.25) is 0 Å². The molecule has 1 nitrogen and oxygen atoms in total. The van der Waals surface area contributed by atoms with Crippen LogP contribution in [0, 0.1) is 0 Å². The first-order valence-electron chi connectivity index (χ1n) is 0.716. The van der Waals surface area contributed by atoms with Gasteiger partial charge in [0.15, 0.2) is 0 Å². The number of rotatable bonds is 0. The van der Waals surface area contributed by atoms with E-state index >= 15 is 0 Å². The van der Waals surface area contributed by atoms with E-state index in [0.717, 1.165) is 0 Å². The summed E-state index contributed by atoms with van der Waals surface area (Å²) in [5.74, 6) is 0. The first-order chi connectivity index (χ1) is 1.73. The number of hydrogen-bond acceptors (Lipinski definition) is 1. The zero-order valence-electron chi connectivity index (χ0n) is 4.64. The Bertz CT molecular complexity index is 40.7. The van der Waals surface area contributed by atoms with Gasteiger partial charge in [0.2, 0.25) is 0 Å². The third kappa shape index (κ3) is 39.9. The number of thiocarbonyl (C=S) groups is 1. The van der Waals surface area contributed by atoms with Gasteiger partial charge in [-0.05, 0) is 0 Å². The monoisotopic (exact) mass is 181 g/mol. The first kappa shape index (κ1) is 15.7. The van der Waals surface area contributed by atoms with Crippen LogP contribution in [0.15, 0.2) is 0 Å². The molecule has 0 unspecified atom stereocenters. The average molecular weight is 183 g/mol. The number of nitrogens with two attached hydrogens (primary N) is 1. The zero-order chi connectivity index (χ0) is 3.58. The van der Waals surface area contributed by atoms with Gasteiger partial charge < -0.3 is 7.16 Å². The fourth-order valence-electron chi connectivity index (χ4n) is 0. The molecule has 0 aliphatic heterocycles. The van der Waals surface area contributed by atoms with Crippen molar-refractivity contribution in [3.05, 3.63) is 0 Å². The third-order valence-corrected chi connectivity index (χ3v) is 0. The van der Waals surface area contributed by atoms with Crippen LogP contribution in [0.4, 0.5) is 0 Å². The van der Waals surface area contributed by atoms with Gasteiger partial charge in [0.05, 0.1) is 0 Å². The Morgan fingerprint density at radius 3 is 1.83 bits per heavy atom. The largest absolute Gasteiger partial charge is 1.00 e. The third-order valence-electron chi connectivity index (χ3n) is 0. The summed E-state index contributed by atoms with van der Waals surface area (Å²) in [6.07, 6.45) is 0. The van der Waals surface area contributed by atoms with Crippen LogP contribution in [-0.4, -0.2) is 4.32 Å². The van der Waals surface area contributed by atoms with Gasteiger partial charge in [-0.25, -0.2) is 0 Å². The molecule has 0 fully saturated rings. The molecular formula is CH4NNaS2Zn. The van der Waals surface area contributed by atoms with Crippen LogP contribution in [0.2, 0.25) is 0 Å². The standard InChI is InChI=1S/CH3NS2.Na.Zn.H/c2-1(3)4;;;/h(H3,2,3,4);;;/q;+1;;-1. The van der Waals surface area contributed by atoms with E-state index in [1.165, 1.54) is 0 Å². The smallest absolute Gasteiger partial charge is 1.00 e. The molecule has 0 aliphatic carbocycles. The molecule has 0 aromatic carbocycles. The van der Waals surface area contributed by atoms with E-state index in [1.807, 2.05) is 0 Å². The molecule has 28 valence electrons. The van der Waals surface area contributed by atoms with Crippen LogP contribution in [0.1, 0.15) is 1.43 Å². The molecule has 0 radical (unpaired) electrons. The summed E-state index contributed by atoms with van der Waals surface area (Å²) in [6, 6.07) is 0. The second-order valence-corrected chi connectivity index (χ2v) is 1.56. The molecule has 0 spiro atoms. The van der Waals surface area contributed by atoms with E-state index in [9.17, 15) is 0 Å². The molecule has 0 heterocycles. The van der Waals surface area contributed by atoms with E-state index in [-0.39, 0.29) is 54.8 Å². The Kier molecular flexibility index (Phi) is 26.0. The van der Waals surface area contributed by atoms with Crippen LogP contribution < -0.4 is 35.3 Å². The van der Waals surface area contributed by atoms with Gasteiger partial charge in [0.1, 0.15) is 4.32 Å². The predicted octanol–water partition coefficient (Wildman–Crippen LogP) is -2.73. The molecule has 0 aliphatic rings. The molecule has 0 amide bonds. The van der Waals surface area contributed by atoms with E-state index in [1.54, 1.807) is 0 Å². The van der Waals surface area contributed by atoms with Gasteiger partial charge in [0, 0.05) is 19.5 Å². The van der Waals surface area contributed by atoms with Crippen molar-refractivity contribution < 1.29 is 50.5 Å². The zero-order valence-corrected chi connectivity index (χ0v) is 10.3. The van der Waals surface area contributed by atoms with E-state index < -0.39 is 0 Å². The molecule has 0 aromatic rings. The summed E-state index contributed by atoms with van der Waals surface area (Å²) in [6.45, 7) is 0. The summed E-state index contributed by atoms with van der Waals surface area (Å²) < 4.78 is 0.194. The maximum atomic E-state index is 4.71. The molecule has 2 N–H and O–H groups in total. The van der Waals surface area contributed by atoms with Gasteiger partial charge in [-0.1, -0.05) is 12.2 Å². The van der Waals surface area contributed by atoms with Gasteiger partial charge in [-0.15, -0.1) is 12.6 Å². The molecule has 0 aromatic heterocycles. The Balaban J connectivity index is -0.0000000150. The van der Waals surface area contributed by atoms with Crippen molar-refractivity contribution in [3.8, 4) is 0 Å². The van der Waals surface area contributed by atoms with Crippen molar-refractivity contribution in [1.29, 1.82) is 0 Å². The van der Waals surface area contributed by atoms with Gasteiger partial charge in [-0.2, -0.15) is 0 Å². The SMILES string of the molecule is NC(=S)S.[H-].[Na+].[Zn]. The summed E-state index contributed by atoms with van der Waals surface area (Å²) in [5, 5.41) is 0. The molecule has 0 rings (SSSR count). The van der Waals surface area contributed by atoms with Crippen LogP contribution in [0.3, 0.4) is 0 Å². The van der Waals surface area contributed by atoms with Crippen LogP contribution in [0.5, 0.6) is 0 Å². The predicted molar refractivity (Wildman–Crippen MR) is 26.9 cm³/mol. The molecule has 5 heteroatoms. The molecule has 0 atom stereocenters. The first-order valence-corrected chi connectivity index (χ1v) is 1.57. The van der Waals surface area contributed by atoms with Crippen molar-refractivity contribution in [1.82, 2.24) is 0 Å². The minimum atomic E-state index is 0. The van der Waals surface area contributed by atoms with Crippen LogP contribution in [0.25, 0.3) is 0 Å². The Morgan fingerprint density at radius 1 is 1.83 bits per heavy atom. The van der Waals surface area contributed by atoms with Crippen molar-refractivity contribution in [2.45, 2.75) is 0 Å². The summed E-state index contributed by atoms with van der Waals surface area (Å²) >= 11 is 7.65. The van der Waals surface area contributed by atoms with Crippen molar-refractivity contribution in [2.75, 3.05) is 0 Å². The van der Waals surface area contributed by atoms with E-state index in [0.29, 0.717) is 0 Å². The maximum Gasteiger partial charge on any atom is 1.00 e. The van der Waals surface area contributed by atoms with Gasteiger partial charge >= 0.3 is 29.6 Å². The number of thiol groups is 1. The Morgan fingerprint density at radius 2 is 1.83 bits per heavy atom.